The third-order valence-electron chi connectivity index (χ3n) is 5.78. The summed E-state index contributed by atoms with van der Waals surface area (Å²) in [4.78, 5) is 17.3. The minimum absolute atomic E-state index is 0.130. The van der Waals surface area contributed by atoms with Crippen molar-refractivity contribution in [2.45, 2.75) is 38.6 Å². The molecule has 0 fully saturated rings. The molecular formula is C25H24N4O2. The molecule has 1 aliphatic rings. The van der Waals surface area contributed by atoms with Gasteiger partial charge in [0.05, 0.1) is 24.4 Å². The van der Waals surface area contributed by atoms with Gasteiger partial charge in [-0.3, -0.25) is 4.79 Å². The van der Waals surface area contributed by atoms with Gasteiger partial charge in [-0.2, -0.15) is 5.10 Å². The number of aryl methyl sites for hydroxylation is 2. The molecule has 1 amide bonds. The van der Waals surface area contributed by atoms with E-state index in [1.807, 2.05) is 48.1 Å². The first-order chi connectivity index (χ1) is 15.2. The van der Waals surface area contributed by atoms with Gasteiger partial charge in [0, 0.05) is 11.1 Å². The normalized spacial score (nSPS) is 15.5. The number of carbonyl (C=O) groups excluding carboxylic acids is 1. The second-order valence-electron chi connectivity index (χ2n) is 7.96. The van der Waals surface area contributed by atoms with Crippen LogP contribution in [0.1, 0.15) is 41.3 Å². The summed E-state index contributed by atoms with van der Waals surface area (Å²) in [5.74, 6) is 1.13. The van der Waals surface area contributed by atoms with Crippen molar-refractivity contribution in [3.05, 3.63) is 89.4 Å². The molecule has 6 nitrogen and oxygen atoms in total. The monoisotopic (exact) mass is 412 g/mol. The van der Waals surface area contributed by atoms with Gasteiger partial charge >= 0.3 is 0 Å². The van der Waals surface area contributed by atoms with E-state index in [1.54, 1.807) is 6.26 Å². The van der Waals surface area contributed by atoms with E-state index >= 15 is 0 Å². The van der Waals surface area contributed by atoms with Crippen LogP contribution < -0.4 is 5.32 Å². The van der Waals surface area contributed by atoms with Gasteiger partial charge in [-0.05, 0) is 49.4 Å². The van der Waals surface area contributed by atoms with E-state index in [-0.39, 0.29) is 18.4 Å². The lowest BCUT2D eigenvalue weighted by molar-refractivity contribution is -0.115. The molecule has 0 radical (unpaired) electrons. The van der Waals surface area contributed by atoms with Gasteiger partial charge in [0.15, 0.2) is 0 Å². The second kappa shape index (κ2) is 8.22. The van der Waals surface area contributed by atoms with E-state index in [0.29, 0.717) is 11.6 Å². The predicted octanol–water partition coefficient (Wildman–Crippen LogP) is 4.95. The summed E-state index contributed by atoms with van der Waals surface area (Å²) >= 11 is 0. The van der Waals surface area contributed by atoms with E-state index in [0.717, 1.165) is 36.2 Å². The van der Waals surface area contributed by atoms with E-state index in [2.05, 4.69) is 39.7 Å². The Bertz CT molecular complexity index is 1210. The predicted molar refractivity (Wildman–Crippen MR) is 119 cm³/mol. The largest absolute Gasteiger partial charge is 0.444 e. The van der Waals surface area contributed by atoms with Crippen molar-refractivity contribution in [1.82, 2.24) is 14.8 Å². The number of aromatic nitrogens is 3. The van der Waals surface area contributed by atoms with Gasteiger partial charge in [0.1, 0.15) is 12.1 Å². The Morgan fingerprint density at radius 3 is 2.84 bits per heavy atom. The Morgan fingerprint density at radius 1 is 1.16 bits per heavy atom. The third kappa shape index (κ3) is 3.89. The molecule has 0 saturated carbocycles. The number of hydrogen-bond donors (Lipinski definition) is 1. The molecule has 1 aliphatic carbocycles. The molecule has 1 unspecified atom stereocenters. The highest BCUT2D eigenvalue weighted by Crippen LogP contribution is 2.35. The number of benzene rings is 2. The van der Waals surface area contributed by atoms with Crippen molar-refractivity contribution in [1.29, 1.82) is 0 Å². The highest BCUT2D eigenvalue weighted by atomic mass is 16.3. The third-order valence-corrected chi connectivity index (χ3v) is 5.78. The number of carbonyl (C=O) groups is 1. The standard InChI is InChI=1S/C25H24N4O2/c1-17-15-26-29(22-13-7-11-18-8-5-6-12-21(18)22)24(17)28-23(30)14-20-16-31-25(27-20)19-9-3-2-4-10-19/h2-6,8-10,12,15-16,22H,7,11,13-14H2,1H3,(H,28,30). The first kappa shape index (κ1) is 19.3. The molecule has 0 bridgehead atoms. The molecule has 31 heavy (non-hydrogen) atoms. The fourth-order valence-electron chi connectivity index (χ4n) is 4.27. The molecule has 2 aromatic carbocycles. The van der Waals surface area contributed by atoms with Gasteiger partial charge in [0.2, 0.25) is 11.8 Å². The van der Waals surface area contributed by atoms with Crippen molar-refractivity contribution >= 4 is 11.7 Å². The Labute approximate surface area is 180 Å². The number of amides is 1. The molecule has 0 saturated heterocycles. The van der Waals surface area contributed by atoms with Gasteiger partial charge in [0.25, 0.3) is 0 Å². The van der Waals surface area contributed by atoms with Crippen molar-refractivity contribution in [2.75, 3.05) is 5.32 Å². The number of hydrogen-bond acceptors (Lipinski definition) is 4. The van der Waals surface area contributed by atoms with Crippen LogP contribution >= 0.6 is 0 Å². The van der Waals surface area contributed by atoms with Crippen molar-refractivity contribution in [3.8, 4) is 11.5 Å². The van der Waals surface area contributed by atoms with Crippen LogP contribution in [-0.2, 0) is 17.6 Å². The minimum Gasteiger partial charge on any atom is -0.444 e. The smallest absolute Gasteiger partial charge is 0.231 e. The summed E-state index contributed by atoms with van der Waals surface area (Å²) in [7, 11) is 0. The Balaban J connectivity index is 1.34. The average molecular weight is 412 g/mol. The van der Waals surface area contributed by atoms with Crippen LogP contribution in [0, 0.1) is 6.92 Å². The number of fused-ring (bicyclic) bond motifs is 1. The Kier molecular flexibility index (Phi) is 5.12. The van der Waals surface area contributed by atoms with Crippen LogP contribution in [0.2, 0.25) is 0 Å². The number of anilines is 1. The zero-order chi connectivity index (χ0) is 21.2. The molecule has 5 rings (SSSR count). The topological polar surface area (TPSA) is 73.0 Å². The molecule has 6 heteroatoms. The van der Waals surface area contributed by atoms with Gasteiger partial charge in [-0.25, -0.2) is 9.67 Å². The quantitative estimate of drug-likeness (QED) is 0.503. The second-order valence-corrected chi connectivity index (χ2v) is 7.96. The van der Waals surface area contributed by atoms with Crippen LogP contribution in [0.3, 0.4) is 0 Å². The maximum absolute atomic E-state index is 12.8. The van der Waals surface area contributed by atoms with Crippen molar-refractivity contribution < 1.29 is 9.21 Å². The molecule has 0 aliphatic heterocycles. The van der Waals surface area contributed by atoms with Gasteiger partial charge in [-0.15, -0.1) is 0 Å². The molecule has 1 atom stereocenters. The lowest BCUT2D eigenvalue weighted by Crippen LogP contribution is -2.23. The molecular weight excluding hydrogens is 388 g/mol. The SMILES string of the molecule is Cc1cnn(C2CCCc3ccccc32)c1NC(=O)Cc1coc(-c2ccccc2)n1. The van der Waals surface area contributed by atoms with Crippen molar-refractivity contribution in [3.63, 3.8) is 0 Å². The molecule has 1 N–H and O–H groups in total. The van der Waals surface area contributed by atoms with Crippen LogP contribution in [0.25, 0.3) is 11.5 Å². The van der Waals surface area contributed by atoms with Crippen molar-refractivity contribution in [2.24, 2.45) is 0 Å². The van der Waals surface area contributed by atoms with E-state index in [4.69, 9.17) is 4.42 Å². The lowest BCUT2D eigenvalue weighted by Gasteiger charge is -2.27. The summed E-state index contributed by atoms with van der Waals surface area (Å²) in [6.45, 7) is 1.97. The maximum atomic E-state index is 12.8. The van der Waals surface area contributed by atoms with Crippen LogP contribution in [0.5, 0.6) is 0 Å². The van der Waals surface area contributed by atoms with Gasteiger partial charge in [-0.1, -0.05) is 42.5 Å². The fourth-order valence-corrected chi connectivity index (χ4v) is 4.27. The lowest BCUT2D eigenvalue weighted by atomic mass is 9.88. The first-order valence-corrected chi connectivity index (χ1v) is 10.6. The molecule has 2 heterocycles. The number of rotatable bonds is 5. The molecule has 2 aromatic heterocycles. The van der Waals surface area contributed by atoms with Crippen LogP contribution in [-0.4, -0.2) is 20.7 Å². The van der Waals surface area contributed by atoms with Crippen LogP contribution in [0.4, 0.5) is 5.82 Å². The molecule has 4 aromatic rings. The first-order valence-electron chi connectivity index (χ1n) is 10.6. The highest BCUT2D eigenvalue weighted by Gasteiger charge is 2.25. The van der Waals surface area contributed by atoms with E-state index < -0.39 is 0 Å². The van der Waals surface area contributed by atoms with E-state index in [9.17, 15) is 4.79 Å². The number of nitrogens with zero attached hydrogens (tertiary/aromatic N) is 3. The Hall–Kier alpha value is -3.67. The zero-order valence-electron chi connectivity index (χ0n) is 17.4. The summed E-state index contributed by atoms with van der Waals surface area (Å²) in [5.41, 5.74) is 5.08. The molecule has 0 spiro atoms. The summed E-state index contributed by atoms with van der Waals surface area (Å²) < 4.78 is 7.52. The minimum atomic E-state index is -0.137. The van der Waals surface area contributed by atoms with Crippen LogP contribution in [0.15, 0.2) is 71.5 Å². The van der Waals surface area contributed by atoms with Gasteiger partial charge < -0.3 is 9.73 Å². The number of nitrogens with one attached hydrogen (secondary N) is 1. The average Bonchev–Trinajstić information content (AvgIpc) is 3.41. The van der Waals surface area contributed by atoms with E-state index in [1.165, 1.54) is 11.1 Å². The summed E-state index contributed by atoms with van der Waals surface area (Å²) in [6.07, 6.45) is 6.70. The maximum Gasteiger partial charge on any atom is 0.231 e. The summed E-state index contributed by atoms with van der Waals surface area (Å²) in [5, 5.41) is 7.67. The zero-order valence-corrected chi connectivity index (χ0v) is 17.4. The fraction of sp³-hybridized carbons (Fsp3) is 0.240. The summed E-state index contributed by atoms with van der Waals surface area (Å²) in [6, 6.07) is 18.3. The highest BCUT2D eigenvalue weighted by molar-refractivity contribution is 5.92. The molecule has 156 valence electrons. The Morgan fingerprint density at radius 2 is 1.97 bits per heavy atom. The number of oxazole rings is 1.